The van der Waals surface area contributed by atoms with E-state index in [2.05, 4.69) is 5.32 Å². The lowest BCUT2D eigenvalue weighted by Gasteiger charge is -2.30. The second-order valence-electron chi connectivity index (χ2n) is 10.4. The first kappa shape index (κ1) is 32.8. The van der Waals surface area contributed by atoms with Gasteiger partial charge in [-0.25, -0.2) is 25.4 Å². The fourth-order valence-electron chi connectivity index (χ4n) is 5.03. The maximum Gasteiger partial charge on any atom is 0.416 e. The molecule has 43 heavy (non-hydrogen) atoms. The van der Waals surface area contributed by atoms with Gasteiger partial charge in [-0.3, -0.25) is 4.79 Å². The van der Waals surface area contributed by atoms with Gasteiger partial charge in [0.1, 0.15) is 6.10 Å². The minimum Gasteiger partial charge on any atom is -0.504 e. The Morgan fingerprint density at radius 1 is 0.930 bits per heavy atom. The van der Waals surface area contributed by atoms with Crippen LogP contribution in [0.5, 0.6) is 11.5 Å². The SMILES string of the molecule is CS(=O)(=O)N1CCC(Oc2ccc(C(=O)Nc3cc(C(F)(F)F)ccc3N3CCCN(S(C)(=O)=O)CC3)c(O)c2F)CC1. The van der Waals surface area contributed by atoms with E-state index in [9.17, 15) is 39.9 Å². The number of phenolic OH excluding ortho intramolecular Hbond substituents is 1. The van der Waals surface area contributed by atoms with Gasteiger partial charge in [0.05, 0.1) is 35.0 Å². The third-order valence-corrected chi connectivity index (χ3v) is 9.93. The van der Waals surface area contributed by atoms with Crippen LogP contribution in [0.15, 0.2) is 30.3 Å². The molecule has 0 bridgehead atoms. The Bertz CT molecular complexity index is 1580. The predicted octanol–water partition coefficient (Wildman–Crippen LogP) is 3.08. The number of aromatic hydroxyl groups is 1. The van der Waals surface area contributed by atoms with Gasteiger partial charge in [-0.2, -0.15) is 17.6 Å². The number of amides is 1. The van der Waals surface area contributed by atoms with Crippen LogP contribution >= 0.6 is 0 Å². The number of carbonyl (C=O) groups excluding carboxylic acids is 1. The number of anilines is 2. The van der Waals surface area contributed by atoms with Gasteiger partial charge in [-0.1, -0.05) is 0 Å². The lowest BCUT2D eigenvalue weighted by Crippen LogP contribution is -2.41. The van der Waals surface area contributed by atoms with Crippen molar-refractivity contribution in [1.29, 1.82) is 0 Å². The number of rotatable bonds is 7. The van der Waals surface area contributed by atoms with Gasteiger partial charge in [0, 0.05) is 39.3 Å². The molecule has 4 rings (SSSR count). The molecule has 0 saturated carbocycles. The molecule has 2 aliphatic heterocycles. The second kappa shape index (κ2) is 12.5. The highest BCUT2D eigenvalue weighted by atomic mass is 32.2. The van der Waals surface area contributed by atoms with E-state index in [0.717, 1.165) is 36.8 Å². The van der Waals surface area contributed by atoms with Gasteiger partial charge >= 0.3 is 6.18 Å². The molecule has 2 aromatic rings. The fourth-order valence-corrected chi connectivity index (χ4v) is 6.77. The number of ether oxygens (including phenoxy) is 1. The molecular weight excluding hydrogens is 620 g/mol. The molecule has 0 radical (unpaired) electrons. The van der Waals surface area contributed by atoms with Crippen molar-refractivity contribution in [1.82, 2.24) is 8.61 Å². The molecule has 17 heteroatoms. The number of hydrogen-bond donors (Lipinski definition) is 2. The van der Waals surface area contributed by atoms with E-state index < -0.39 is 60.9 Å². The van der Waals surface area contributed by atoms with Crippen molar-refractivity contribution in [2.75, 3.05) is 62.0 Å². The summed E-state index contributed by atoms with van der Waals surface area (Å²) >= 11 is 0. The molecule has 0 aromatic heterocycles. The van der Waals surface area contributed by atoms with Crippen molar-refractivity contribution in [3.63, 3.8) is 0 Å². The zero-order valence-electron chi connectivity index (χ0n) is 23.4. The molecule has 1 amide bonds. The van der Waals surface area contributed by atoms with Crippen molar-refractivity contribution in [2.45, 2.75) is 31.5 Å². The highest BCUT2D eigenvalue weighted by Gasteiger charge is 2.33. The van der Waals surface area contributed by atoms with E-state index in [1.54, 1.807) is 4.90 Å². The van der Waals surface area contributed by atoms with Crippen LogP contribution in [0.25, 0.3) is 0 Å². The molecule has 0 atom stereocenters. The summed E-state index contributed by atoms with van der Waals surface area (Å²) in [6.07, 6.45) is -2.23. The maximum atomic E-state index is 15.1. The molecule has 2 saturated heterocycles. The summed E-state index contributed by atoms with van der Waals surface area (Å²) in [4.78, 5) is 14.8. The summed E-state index contributed by atoms with van der Waals surface area (Å²) in [5, 5.41) is 12.8. The monoisotopic (exact) mass is 652 g/mol. The fraction of sp³-hybridized carbons (Fsp3) is 0.500. The molecule has 2 fully saturated rings. The summed E-state index contributed by atoms with van der Waals surface area (Å²) in [6.45, 7) is 1.05. The van der Waals surface area contributed by atoms with Crippen LogP contribution in [0, 0.1) is 5.82 Å². The Balaban J connectivity index is 1.55. The van der Waals surface area contributed by atoms with Gasteiger partial charge in [0.25, 0.3) is 5.91 Å². The van der Waals surface area contributed by atoms with Crippen LogP contribution in [0.2, 0.25) is 0 Å². The van der Waals surface area contributed by atoms with Crippen LogP contribution in [0.3, 0.4) is 0 Å². The number of benzene rings is 2. The van der Waals surface area contributed by atoms with Crippen molar-refractivity contribution in [3.8, 4) is 11.5 Å². The van der Waals surface area contributed by atoms with Gasteiger partial charge in [0.2, 0.25) is 25.9 Å². The summed E-state index contributed by atoms with van der Waals surface area (Å²) in [5.41, 5.74) is -1.68. The first-order valence-electron chi connectivity index (χ1n) is 13.3. The van der Waals surface area contributed by atoms with Gasteiger partial charge < -0.3 is 20.1 Å². The van der Waals surface area contributed by atoms with Gasteiger partial charge in [-0.05, 0) is 49.6 Å². The van der Waals surface area contributed by atoms with E-state index in [1.807, 2.05) is 0 Å². The van der Waals surface area contributed by atoms with Crippen LogP contribution in [0.4, 0.5) is 28.9 Å². The Kier molecular flexibility index (Phi) is 9.49. The van der Waals surface area contributed by atoms with Crippen LogP contribution < -0.4 is 15.0 Å². The van der Waals surface area contributed by atoms with Crippen LogP contribution in [-0.2, 0) is 26.2 Å². The zero-order chi connectivity index (χ0) is 31.7. The maximum absolute atomic E-state index is 15.1. The standard InChI is InChI=1S/C26H32F4N4O7S2/c1-42(37,38)33-11-3-10-32(14-15-33)21-6-4-17(26(28,29)30)16-20(21)31-25(36)19-5-7-22(23(27)24(19)35)41-18-8-12-34(13-9-18)43(2,39)40/h4-7,16,18,35H,3,8-15H2,1-2H3,(H,31,36). The minimum atomic E-state index is -4.74. The van der Waals surface area contributed by atoms with E-state index in [4.69, 9.17) is 4.74 Å². The normalized spacial score (nSPS) is 18.3. The third kappa shape index (κ3) is 7.87. The van der Waals surface area contributed by atoms with Crippen molar-refractivity contribution in [2.24, 2.45) is 0 Å². The van der Waals surface area contributed by atoms with Gasteiger partial charge in [-0.15, -0.1) is 0 Å². The van der Waals surface area contributed by atoms with Crippen molar-refractivity contribution < 1.29 is 49.0 Å². The number of carbonyl (C=O) groups is 1. The number of halogens is 4. The van der Waals surface area contributed by atoms with E-state index in [-0.39, 0.29) is 69.2 Å². The third-order valence-electron chi connectivity index (χ3n) is 7.33. The smallest absolute Gasteiger partial charge is 0.416 e. The van der Waals surface area contributed by atoms with Crippen molar-refractivity contribution >= 4 is 37.3 Å². The molecule has 0 aliphatic carbocycles. The number of piperidine rings is 1. The Morgan fingerprint density at radius 3 is 2.16 bits per heavy atom. The molecule has 2 heterocycles. The highest BCUT2D eigenvalue weighted by molar-refractivity contribution is 7.88. The molecule has 2 N–H and O–H groups in total. The molecule has 11 nitrogen and oxygen atoms in total. The van der Waals surface area contributed by atoms with E-state index in [0.29, 0.717) is 6.42 Å². The first-order valence-corrected chi connectivity index (χ1v) is 17.0. The first-order chi connectivity index (χ1) is 19.9. The van der Waals surface area contributed by atoms with Gasteiger partial charge in [0.15, 0.2) is 11.5 Å². The summed E-state index contributed by atoms with van der Waals surface area (Å²) < 4.78 is 111. The summed E-state index contributed by atoms with van der Waals surface area (Å²) in [6, 6.07) is 4.90. The van der Waals surface area contributed by atoms with E-state index >= 15 is 4.39 Å². The largest absolute Gasteiger partial charge is 0.504 e. The Hall–Kier alpha value is -3.15. The molecule has 0 unspecified atom stereocenters. The Labute approximate surface area is 247 Å². The topological polar surface area (TPSA) is 137 Å². The minimum absolute atomic E-state index is 0.0774. The Morgan fingerprint density at radius 2 is 1.56 bits per heavy atom. The number of sulfonamides is 2. The quantitative estimate of drug-likeness (QED) is 0.436. The molecular formula is C26H32F4N4O7S2. The molecule has 2 aromatic carbocycles. The summed E-state index contributed by atoms with van der Waals surface area (Å²) in [5.74, 6) is -3.78. The van der Waals surface area contributed by atoms with Crippen LogP contribution in [0.1, 0.15) is 35.2 Å². The van der Waals surface area contributed by atoms with E-state index in [1.165, 1.54) is 14.7 Å². The number of nitrogens with one attached hydrogen (secondary N) is 1. The number of nitrogens with zero attached hydrogens (tertiary/aromatic N) is 3. The molecule has 0 spiro atoms. The number of phenols is 1. The lowest BCUT2D eigenvalue weighted by molar-refractivity contribution is -0.137. The lowest BCUT2D eigenvalue weighted by atomic mass is 10.1. The number of alkyl halides is 3. The van der Waals surface area contributed by atoms with Crippen LogP contribution in [-0.4, -0.2) is 94.3 Å². The zero-order valence-corrected chi connectivity index (χ0v) is 25.0. The highest BCUT2D eigenvalue weighted by Crippen LogP contribution is 2.37. The average Bonchev–Trinajstić information content (AvgIpc) is 3.17. The molecule has 2 aliphatic rings. The predicted molar refractivity (Wildman–Crippen MR) is 151 cm³/mol. The average molecular weight is 653 g/mol. The summed E-state index contributed by atoms with van der Waals surface area (Å²) in [7, 11) is -6.87. The second-order valence-corrected chi connectivity index (χ2v) is 14.4. The van der Waals surface area contributed by atoms with Crippen molar-refractivity contribution in [3.05, 3.63) is 47.3 Å². The molecule has 238 valence electrons. The number of hydrogen-bond acceptors (Lipinski definition) is 8.